The van der Waals surface area contributed by atoms with Crippen molar-refractivity contribution in [2.75, 3.05) is 39.5 Å². The smallest absolute Gasteiger partial charge is 0.330 e. The molecule has 0 amide bonds. The van der Waals surface area contributed by atoms with Crippen LogP contribution in [-0.2, 0) is 23.8 Å². The lowest BCUT2D eigenvalue weighted by Crippen LogP contribution is -2.29. The van der Waals surface area contributed by atoms with E-state index in [0.717, 1.165) is 109 Å². The summed E-state index contributed by atoms with van der Waals surface area (Å²) in [4.78, 5) is 26.7. The summed E-state index contributed by atoms with van der Waals surface area (Å²) in [6.07, 6.45) is 33.0. The van der Waals surface area contributed by atoms with Crippen LogP contribution in [0.1, 0.15) is 201 Å². The van der Waals surface area contributed by atoms with Gasteiger partial charge in [-0.2, -0.15) is 0 Å². The van der Waals surface area contributed by atoms with Gasteiger partial charge in [0.05, 0.1) is 19.8 Å². The Morgan fingerprint density at radius 3 is 1.63 bits per heavy atom. The van der Waals surface area contributed by atoms with Gasteiger partial charge in [0.25, 0.3) is 0 Å². The van der Waals surface area contributed by atoms with E-state index < -0.39 is 12.3 Å². The van der Waals surface area contributed by atoms with Crippen LogP contribution in [0.3, 0.4) is 0 Å². The first-order chi connectivity index (χ1) is 25.0. The Morgan fingerprint density at radius 2 is 1.06 bits per heavy atom. The highest BCUT2D eigenvalue weighted by atomic mass is 16.6. The molecule has 0 heterocycles. The van der Waals surface area contributed by atoms with Gasteiger partial charge in [-0.1, -0.05) is 136 Å². The van der Waals surface area contributed by atoms with Crippen LogP contribution in [0.4, 0.5) is 0 Å². The van der Waals surface area contributed by atoms with Crippen LogP contribution in [0.5, 0.6) is 0 Å². The van der Waals surface area contributed by atoms with Crippen LogP contribution in [0.15, 0.2) is 12.2 Å². The summed E-state index contributed by atoms with van der Waals surface area (Å²) in [5.74, 6) is -0.448. The number of carbonyl (C=O) groups excluding carboxylic acids is 2. The van der Waals surface area contributed by atoms with Gasteiger partial charge >= 0.3 is 11.9 Å². The third kappa shape index (κ3) is 36.7. The van der Waals surface area contributed by atoms with Gasteiger partial charge in [0.2, 0.25) is 0 Å². The minimum atomic E-state index is -1.10. The fraction of sp³-hybridized carbons (Fsp3) is 0.907. The molecule has 0 aliphatic rings. The topological polar surface area (TPSA) is 106 Å². The number of ether oxygens (including phenoxy) is 3. The van der Waals surface area contributed by atoms with Crippen molar-refractivity contribution in [3.63, 3.8) is 0 Å². The highest BCUT2D eigenvalue weighted by molar-refractivity contribution is 5.81. The minimum Gasteiger partial charge on any atom is -0.463 e. The molecule has 8 nitrogen and oxygen atoms in total. The number of hydrogen-bond donors (Lipinski definition) is 2. The highest BCUT2D eigenvalue weighted by Crippen LogP contribution is 2.18. The van der Waals surface area contributed by atoms with Gasteiger partial charge in [0.15, 0.2) is 6.29 Å². The lowest BCUT2D eigenvalue weighted by Gasteiger charge is -2.21. The number of rotatable bonds is 40. The maximum absolute atomic E-state index is 12.7. The van der Waals surface area contributed by atoms with Gasteiger partial charge in [0, 0.05) is 19.0 Å². The molecular weight excluding hydrogens is 642 g/mol. The fourth-order valence-corrected chi connectivity index (χ4v) is 6.38. The third-order valence-corrected chi connectivity index (χ3v) is 9.63. The Hall–Kier alpha value is -1.48. The standard InChI is InChI=1S/C43H83NO7/c1-4-7-10-13-16-22-29-40(30-23-17-14-11-8-5-2)51-43(48)31-24-18-15-19-25-34-44(36-37-45)35-26-20-21-28-39-50-42(47)33-32-41(46)49-38-27-12-9-6-3/h32-33,40,42,45,47H,4-31,34-39H2,1-3H3/b33-32+. The predicted octanol–water partition coefficient (Wildman–Crippen LogP) is 10.6. The summed E-state index contributed by atoms with van der Waals surface area (Å²) in [7, 11) is 0. The molecule has 0 aliphatic heterocycles. The normalized spacial score (nSPS) is 12.4. The maximum Gasteiger partial charge on any atom is 0.330 e. The van der Waals surface area contributed by atoms with Crippen molar-refractivity contribution < 1.29 is 34.0 Å². The van der Waals surface area contributed by atoms with Crippen LogP contribution in [0.2, 0.25) is 0 Å². The largest absolute Gasteiger partial charge is 0.463 e. The van der Waals surface area contributed by atoms with E-state index in [2.05, 4.69) is 25.7 Å². The average Bonchev–Trinajstić information content (AvgIpc) is 3.12. The Bertz CT molecular complexity index is 761. The van der Waals surface area contributed by atoms with E-state index in [1.54, 1.807) is 0 Å². The second-order valence-electron chi connectivity index (χ2n) is 14.6. The van der Waals surface area contributed by atoms with E-state index in [4.69, 9.17) is 14.2 Å². The highest BCUT2D eigenvalue weighted by Gasteiger charge is 2.14. The summed E-state index contributed by atoms with van der Waals surface area (Å²) < 4.78 is 16.5. The molecule has 0 aromatic heterocycles. The van der Waals surface area contributed by atoms with Gasteiger partial charge in [0.1, 0.15) is 6.10 Å². The van der Waals surface area contributed by atoms with Crippen molar-refractivity contribution in [2.24, 2.45) is 0 Å². The number of hydrogen-bond acceptors (Lipinski definition) is 8. The summed E-state index contributed by atoms with van der Waals surface area (Å²) in [6, 6.07) is 0. The first-order valence-corrected chi connectivity index (χ1v) is 21.6. The van der Waals surface area contributed by atoms with Gasteiger partial charge in [-0.05, 0) is 77.0 Å². The Balaban J connectivity index is 4.03. The summed E-state index contributed by atoms with van der Waals surface area (Å²) in [6.45, 7) is 10.3. The molecule has 0 aliphatic carbocycles. The molecule has 0 aromatic carbocycles. The SMILES string of the molecule is CCCCCCCCC(CCCCCCCC)OC(=O)CCCCCCCN(CCO)CCCCCCOC(O)/C=C/C(=O)OCCCCCC. The Labute approximate surface area is 314 Å². The van der Waals surface area contributed by atoms with Crippen molar-refractivity contribution >= 4 is 11.9 Å². The van der Waals surface area contributed by atoms with Crippen molar-refractivity contribution in [1.29, 1.82) is 0 Å². The first kappa shape index (κ1) is 49.5. The van der Waals surface area contributed by atoms with E-state index in [-0.39, 0.29) is 18.7 Å². The molecule has 0 bridgehead atoms. The quantitative estimate of drug-likeness (QED) is 0.0278. The molecule has 8 heteroatoms. The lowest BCUT2D eigenvalue weighted by molar-refractivity contribution is -0.150. The fourth-order valence-electron chi connectivity index (χ4n) is 6.38. The van der Waals surface area contributed by atoms with Crippen LogP contribution in [0.25, 0.3) is 0 Å². The molecule has 0 saturated carbocycles. The van der Waals surface area contributed by atoms with Crippen LogP contribution in [-0.4, -0.2) is 78.9 Å². The monoisotopic (exact) mass is 726 g/mol. The van der Waals surface area contributed by atoms with E-state index in [1.807, 2.05) is 0 Å². The van der Waals surface area contributed by atoms with Crippen molar-refractivity contribution in [3.05, 3.63) is 12.2 Å². The van der Waals surface area contributed by atoms with E-state index in [1.165, 1.54) is 89.2 Å². The Morgan fingerprint density at radius 1 is 0.588 bits per heavy atom. The first-order valence-electron chi connectivity index (χ1n) is 21.6. The predicted molar refractivity (Wildman–Crippen MR) is 212 cm³/mol. The van der Waals surface area contributed by atoms with E-state index >= 15 is 0 Å². The summed E-state index contributed by atoms with van der Waals surface area (Å²) in [5, 5.41) is 19.4. The van der Waals surface area contributed by atoms with E-state index in [9.17, 15) is 19.8 Å². The summed E-state index contributed by atoms with van der Waals surface area (Å²) >= 11 is 0. The number of aliphatic hydroxyl groups is 2. The number of unbranched alkanes of at least 4 members (excludes halogenated alkanes) is 20. The zero-order chi connectivity index (χ0) is 37.5. The van der Waals surface area contributed by atoms with Gasteiger partial charge in [-0.15, -0.1) is 0 Å². The lowest BCUT2D eigenvalue weighted by atomic mass is 10.0. The molecular formula is C43H83NO7. The van der Waals surface area contributed by atoms with Crippen molar-refractivity contribution in [1.82, 2.24) is 4.90 Å². The molecule has 302 valence electrons. The van der Waals surface area contributed by atoms with Crippen LogP contribution < -0.4 is 0 Å². The number of nitrogens with zero attached hydrogens (tertiary/aromatic N) is 1. The van der Waals surface area contributed by atoms with E-state index in [0.29, 0.717) is 26.2 Å². The molecule has 0 radical (unpaired) electrons. The molecule has 2 N–H and O–H groups in total. The Kier molecular flexibility index (Phi) is 38.6. The number of aliphatic hydroxyl groups excluding tert-OH is 2. The number of esters is 2. The molecule has 0 saturated heterocycles. The van der Waals surface area contributed by atoms with Gasteiger partial charge < -0.3 is 29.3 Å². The van der Waals surface area contributed by atoms with Crippen LogP contribution >= 0.6 is 0 Å². The second-order valence-corrected chi connectivity index (χ2v) is 14.6. The average molecular weight is 726 g/mol. The van der Waals surface area contributed by atoms with Gasteiger partial charge in [-0.3, -0.25) is 4.79 Å². The summed E-state index contributed by atoms with van der Waals surface area (Å²) in [5.41, 5.74) is 0. The molecule has 1 unspecified atom stereocenters. The van der Waals surface area contributed by atoms with Crippen molar-refractivity contribution in [2.45, 2.75) is 213 Å². The molecule has 1 atom stereocenters. The van der Waals surface area contributed by atoms with Gasteiger partial charge in [-0.25, -0.2) is 4.79 Å². The second kappa shape index (κ2) is 39.7. The van der Waals surface area contributed by atoms with Crippen LogP contribution in [0, 0.1) is 0 Å². The third-order valence-electron chi connectivity index (χ3n) is 9.63. The maximum atomic E-state index is 12.7. The number of carbonyl (C=O) groups is 2. The molecule has 0 rings (SSSR count). The zero-order valence-corrected chi connectivity index (χ0v) is 33.7. The molecule has 0 aromatic rings. The molecule has 0 spiro atoms. The zero-order valence-electron chi connectivity index (χ0n) is 33.7. The minimum absolute atomic E-state index is 0.00365. The molecule has 0 fully saturated rings. The molecule has 51 heavy (non-hydrogen) atoms. The van der Waals surface area contributed by atoms with Crippen molar-refractivity contribution in [3.8, 4) is 0 Å².